The molecule has 24 heavy (non-hydrogen) atoms. The summed E-state index contributed by atoms with van der Waals surface area (Å²) in [7, 11) is 0. The standard InChI is InChI=1S/C22H19ClO/c23-19-13-11-18(12-14-19)22-21(17-9-5-2-6-10-17)20(15-24-22)16-7-3-1-4-8-16/h1-14,20-22H,15H2/t20-,21-,22?/m0/s1. The molecule has 1 unspecified atom stereocenters. The third kappa shape index (κ3) is 2.98. The predicted molar refractivity (Wildman–Crippen MR) is 98.5 cm³/mol. The van der Waals surface area contributed by atoms with Gasteiger partial charge in [-0.15, -0.1) is 0 Å². The SMILES string of the molecule is Clc1ccc(C2OC[C@@H](c3ccccc3)[C@@H]2c2ccccc2)cc1. The van der Waals surface area contributed by atoms with Crippen LogP contribution in [0.25, 0.3) is 0 Å². The van der Waals surface area contributed by atoms with Crippen LogP contribution in [0.2, 0.25) is 5.02 Å². The summed E-state index contributed by atoms with van der Waals surface area (Å²) in [6, 6.07) is 29.4. The van der Waals surface area contributed by atoms with Crippen molar-refractivity contribution in [1.29, 1.82) is 0 Å². The van der Waals surface area contributed by atoms with Gasteiger partial charge in [0.1, 0.15) is 0 Å². The molecule has 120 valence electrons. The average Bonchev–Trinajstić information content (AvgIpc) is 3.09. The van der Waals surface area contributed by atoms with Gasteiger partial charge in [-0.3, -0.25) is 0 Å². The zero-order valence-corrected chi connectivity index (χ0v) is 14.1. The first-order chi connectivity index (χ1) is 11.8. The average molecular weight is 335 g/mol. The number of ether oxygens (including phenoxy) is 1. The molecule has 0 spiro atoms. The maximum absolute atomic E-state index is 6.27. The molecule has 0 aromatic heterocycles. The molecule has 0 saturated carbocycles. The van der Waals surface area contributed by atoms with Crippen LogP contribution in [0, 0.1) is 0 Å². The fourth-order valence-electron chi connectivity index (χ4n) is 3.67. The van der Waals surface area contributed by atoms with Crippen molar-refractivity contribution in [2.75, 3.05) is 6.61 Å². The number of rotatable bonds is 3. The Hall–Kier alpha value is -2.09. The van der Waals surface area contributed by atoms with Gasteiger partial charge in [-0.25, -0.2) is 0 Å². The lowest BCUT2D eigenvalue weighted by atomic mass is 9.79. The molecule has 0 bridgehead atoms. The molecule has 1 saturated heterocycles. The first-order valence-corrected chi connectivity index (χ1v) is 8.67. The molecule has 1 fully saturated rings. The van der Waals surface area contributed by atoms with Crippen molar-refractivity contribution >= 4 is 11.6 Å². The number of hydrogen-bond donors (Lipinski definition) is 0. The quantitative estimate of drug-likeness (QED) is 0.572. The summed E-state index contributed by atoms with van der Waals surface area (Å²) in [6.45, 7) is 0.733. The van der Waals surface area contributed by atoms with E-state index >= 15 is 0 Å². The smallest absolute Gasteiger partial charge is 0.0900 e. The summed E-state index contributed by atoms with van der Waals surface area (Å²) < 4.78 is 6.27. The normalized spacial score (nSPS) is 23.3. The molecule has 2 heteroatoms. The van der Waals surface area contributed by atoms with Gasteiger partial charge in [0.05, 0.1) is 12.7 Å². The van der Waals surface area contributed by atoms with Gasteiger partial charge in [-0.05, 0) is 28.8 Å². The number of hydrogen-bond acceptors (Lipinski definition) is 1. The minimum atomic E-state index is 0.0508. The third-order valence-electron chi connectivity index (χ3n) is 4.83. The largest absolute Gasteiger partial charge is 0.372 e. The molecule has 0 aliphatic carbocycles. The lowest BCUT2D eigenvalue weighted by molar-refractivity contribution is 0.103. The zero-order valence-electron chi connectivity index (χ0n) is 13.3. The molecular weight excluding hydrogens is 316 g/mol. The van der Waals surface area contributed by atoms with Crippen LogP contribution in [-0.4, -0.2) is 6.61 Å². The molecule has 1 nitrogen and oxygen atoms in total. The predicted octanol–water partition coefficient (Wildman–Crippen LogP) is 5.98. The molecular formula is C22H19ClO. The Morgan fingerprint density at radius 3 is 1.88 bits per heavy atom. The van der Waals surface area contributed by atoms with Gasteiger partial charge in [0.2, 0.25) is 0 Å². The van der Waals surface area contributed by atoms with Gasteiger partial charge in [0.15, 0.2) is 0 Å². The van der Waals surface area contributed by atoms with Crippen molar-refractivity contribution in [3.63, 3.8) is 0 Å². The van der Waals surface area contributed by atoms with Crippen molar-refractivity contribution in [3.8, 4) is 0 Å². The molecule has 0 amide bonds. The Morgan fingerprint density at radius 1 is 0.667 bits per heavy atom. The lowest BCUT2D eigenvalue weighted by Crippen LogP contribution is -2.12. The highest BCUT2D eigenvalue weighted by atomic mass is 35.5. The molecule has 3 aromatic carbocycles. The van der Waals surface area contributed by atoms with Crippen LogP contribution in [0.3, 0.4) is 0 Å². The Morgan fingerprint density at radius 2 is 1.25 bits per heavy atom. The van der Waals surface area contributed by atoms with Gasteiger partial charge in [0, 0.05) is 16.9 Å². The highest BCUT2D eigenvalue weighted by Gasteiger charge is 2.39. The number of benzene rings is 3. The Kier molecular flexibility index (Phi) is 4.38. The monoisotopic (exact) mass is 334 g/mol. The first-order valence-electron chi connectivity index (χ1n) is 8.30. The Balaban J connectivity index is 1.76. The van der Waals surface area contributed by atoms with Gasteiger partial charge in [-0.1, -0.05) is 84.4 Å². The van der Waals surface area contributed by atoms with Crippen LogP contribution in [0.4, 0.5) is 0 Å². The minimum absolute atomic E-state index is 0.0508. The van der Waals surface area contributed by atoms with E-state index in [4.69, 9.17) is 16.3 Å². The third-order valence-corrected chi connectivity index (χ3v) is 5.08. The summed E-state index contributed by atoms with van der Waals surface area (Å²) in [5, 5.41) is 0.757. The van der Waals surface area contributed by atoms with Crippen molar-refractivity contribution < 1.29 is 4.74 Å². The molecule has 3 aromatic rings. The molecule has 3 atom stereocenters. The van der Waals surface area contributed by atoms with Crippen LogP contribution in [0.5, 0.6) is 0 Å². The molecule has 1 aliphatic heterocycles. The highest BCUT2D eigenvalue weighted by Crippen LogP contribution is 2.49. The van der Waals surface area contributed by atoms with E-state index in [9.17, 15) is 0 Å². The zero-order chi connectivity index (χ0) is 16.4. The molecule has 4 rings (SSSR count). The maximum Gasteiger partial charge on any atom is 0.0900 e. The van der Waals surface area contributed by atoms with E-state index in [0.29, 0.717) is 11.8 Å². The maximum atomic E-state index is 6.27. The van der Waals surface area contributed by atoms with E-state index in [1.807, 2.05) is 12.1 Å². The van der Waals surface area contributed by atoms with Crippen molar-refractivity contribution in [2.24, 2.45) is 0 Å². The van der Waals surface area contributed by atoms with Crippen molar-refractivity contribution in [3.05, 3.63) is 107 Å². The summed E-state index contributed by atoms with van der Waals surface area (Å²) >= 11 is 6.06. The van der Waals surface area contributed by atoms with Crippen LogP contribution >= 0.6 is 11.6 Å². The van der Waals surface area contributed by atoms with Crippen LogP contribution in [-0.2, 0) is 4.74 Å². The second kappa shape index (κ2) is 6.80. The summed E-state index contributed by atoms with van der Waals surface area (Å²) in [5.74, 6) is 0.657. The second-order valence-corrected chi connectivity index (χ2v) is 6.70. The molecule has 1 heterocycles. The Bertz CT molecular complexity index is 783. The number of halogens is 1. The van der Waals surface area contributed by atoms with Crippen molar-refractivity contribution in [1.82, 2.24) is 0 Å². The van der Waals surface area contributed by atoms with E-state index in [1.165, 1.54) is 16.7 Å². The topological polar surface area (TPSA) is 9.23 Å². The Labute approximate surface area is 147 Å². The van der Waals surface area contributed by atoms with Crippen molar-refractivity contribution in [2.45, 2.75) is 17.9 Å². The highest BCUT2D eigenvalue weighted by molar-refractivity contribution is 6.30. The van der Waals surface area contributed by atoms with E-state index < -0.39 is 0 Å². The van der Waals surface area contributed by atoms with Gasteiger partial charge < -0.3 is 4.74 Å². The minimum Gasteiger partial charge on any atom is -0.372 e. The molecule has 0 N–H and O–H groups in total. The van der Waals surface area contributed by atoms with Crippen LogP contribution < -0.4 is 0 Å². The van der Waals surface area contributed by atoms with Gasteiger partial charge in [0.25, 0.3) is 0 Å². The second-order valence-electron chi connectivity index (χ2n) is 6.26. The lowest BCUT2D eigenvalue weighted by Gasteiger charge is -2.24. The summed E-state index contributed by atoms with van der Waals surface area (Å²) in [4.78, 5) is 0. The fraction of sp³-hybridized carbons (Fsp3) is 0.182. The van der Waals surface area contributed by atoms with E-state index in [1.54, 1.807) is 0 Å². The summed E-state index contributed by atoms with van der Waals surface area (Å²) in [6.07, 6.45) is 0.0508. The van der Waals surface area contributed by atoms with E-state index in [-0.39, 0.29) is 6.10 Å². The van der Waals surface area contributed by atoms with Crippen LogP contribution in [0.15, 0.2) is 84.9 Å². The molecule has 0 radical (unpaired) electrons. The molecule has 1 aliphatic rings. The first kappa shape index (κ1) is 15.4. The van der Waals surface area contributed by atoms with E-state index in [2.05, 4.69) is 72.8 Å². The van der Waals surface area contributed by atoms with Crippen LogP contribution in [0.1, 0.15) is 34.6 Å². The summed E-state index contributed by atoms with van der Waals surface area (Å²) in [5.41, 5.74) is 3.85. The fourth-order valence-corrected chi connectivity index (χ4v) is 3.79. The van der Waals surface area contributed by atoms with Gasteiger partial charge in [-0.2, -0.15) is 0 Å². The van der Waals surface area contributed by atoms with E-state index in [0.717, 1.165) is 11.6 Å². The van der Waals surface area contributed by atoms with Gasteiger partial charge >= 0.3 is 0 Å².